The third kappa shape index (κ3) is 4.49. The van der Waals surface area contributed by atoms with Crippen LogP contribution in [-0.4, -0.2) is 15.0 Å². The van der Waals surface area contributed by atoms with Gasteiger partial charge in [-0.15, -0.1) is 0 Å². The highest BCUT2D eigenvalue weighted by Gasteiger charge is 2.18. The third-order valence-corrected chi connectivity index (χ3v) is 8.35. The summed E-state index contributed by atoms with van der Waals surface area (Å²) in [6.07, 6.45) is 0. The van der Waals surface area contributed by atoms with Gasteiger partial charge in [-0.2, -0.15) is 0 Å². The topological polar surface area (TPSA) is 51.8 Å². The summed E-state index contributed by atoms with van der Waals surface area (Å²) >= 11 is 0. The number of benzene rings is 8. The number of furan rings is 1. The first kappa shape index (κ1) is 16.4. The van der Waals surface area contributed by atoms with E-state index in [1.807, 2.05) is 24.3 Å². The first-order valence-electron chi connectivity index (χ1n) is 22.7. The van der Waals surface area contributed by atoms with E-state index in [1.165, 1.54) is 0 Å². The normalized spacial score (nSPS) is 16.0. The lowest BCUT2D eigenvalue weighted by Gasteiger charge is -2.13. The van der Waals surface area contributed by atoms with Crippen LogP contribution in [0.15, 0.2) is 168 Å². The maximum Gasteiger partial charge on any atom is 0.164 e. The predicted molar refractivity (Wildman–Crippen MR) is 201 cm³/mol. The van der Waals surface area contributed by atoms with Crippen molar-refractivity contribution in [3.05, 3.63) is 163 Å². The van der Waals surface area contributed by atoms with Crippen LogP contribution >= 0.6 is 0 Å². The molecule has 0 saturated carbocycles. The number of aromatic nitrogens is 3. The predicted octanol–water partition coefficient (Wildman–Crippen LogP) is 11.9. The molecule has 0 unspecified atom stereocenters. The van der Waals surface area contributed by atoms with E-state index in [9.17, 15) is 5.48 Å². The van der Waals surface area contributed by atoms with Crippen molar-refractivity contribution < 1.29 is 25.0 Å². The summed E-state index contributed by atoms with van der Waals surface area (Å²) in [6.45, 7) is 0. The second-order valence-electron chi connectivity index (χ2n) is 11.2. The highest BCUT2D eigenvalue weighted by atomic mass is 16.3. The van der Waals surface area contributed by atoms with Crippen molar-refractivity contribution in [2.75, 3.05) is 0 Å². The van der Waals surface area contributed by atoms with Crippen LogP contribution in [0.4, 0.5) is 0 Å². The lowest BCUT2D eigenvalue weighted by molar-refractivity contribution is 0.669. The molecule has 0 aliphatic rings. The first-order chi connectivity index (χ1) is 30.5. The van der Waals surface area contributed by atoms with Gasteiger partial charge in [0, 0.05) is 27.5 Å². The smallest absolute Gasteiger partial charge is 0.164 e. The average Bonchev–Trinajstić information content (AvgIpc) is 3.69. The van der Waals surface area contributed by atoms with Crippen molar-refractivity contribution in [1.29, 1.82) is 0 Å². The summed E-state index contributed by atoms with van der Waals surface area (Å²) in [5, 5.41) is -0.765. The molecule has 228 valence electrons. The minimum absolute atomic E-state index is 0.112. The van der Waals surface area contributed by atoms with Gasteiger partial charge in [-0.1, -0.05) is 139 Å². The van der Waals surface area contributed by atoms with E-state index in [2.05, 4.69) is 0 Å². The van der Waals surface area contributed by atoms with Crippen LogP contribution in [0, 0.1) is 0 Å². The Morgan fingerprint density at radius 1 is 0.388 bits per heavy atom. The zero-order chi connectivity index (χ0) is 45.4. The van der Waals surface area contributed by atoms with Crippen molar-refractivity contribution in [1.82, 2.24) is 15.0 Å². The Morgan fingerprint density at radius 2 is 0.980 bits per heavy atom. The van der Waals surface area contributed by atoms with Crippen molar-refractivity contribution in [2.24, 2.45) is 0 Å². The minimum atomic E-state index is -0.781. The molecule has 8 aromatic carbocycles. The van der Waals surface area contributed by atoms with Gasteiger partial charge in [0.1, 0.15) is 11.2 Å². The van der Waals surface area contributed by atoms with Gasteiger partial charge in [-0.3, -0.25) is 0 Å². The number of fused-ring (bicyclic) bond motifs is 9. The van der Waals surface area contributed by atoms with Crippen molar-refractivity contribution in [3.63, 3.8) is 0 Å². The van der Waals surface area contributed by atoms with Gasteiger partial charge in [0.25, 0.3) is 0 Å². The molecule has 0 aliphatic heterocycles. The SMILES string of the molecule is [2H]c1c([2H])c(-c2nc(-c3ccccc3)nc(-c3cccc4oc5ccccc5c34)n2)c([2H])c(-c2c([2H])c([2H])c3c4c([2H])c([2H])c([2H])c([2H])c4c4c([2H])c([2H])c([2H])c([2H])c4c3c2[2H])c1[2H]. The molecule has 0 saturated heterocycles. The van der Waals surface area contributed by atoms with Gasteiger partial charge in [-0.25, -0.2) is 15.0 Å². The Bertz CT molecular complexity index is 3700. The standard InChI is InChI=1S/C45H27N3O/c1-2-12-28(13-3-1)43-46-44(48-45(47-43)38-21-11-23-41-42(38)37-20-8-9-22-40(37)49-41)31-15-10-14-29(26-31)30-24-25-36-34-18-5-4-16-32(34)33-17-6-7-19-35(33)39(36)27-30/h1-27H/i4D,5D,6D,7D,10D,14D,15D,16D,17D,18D,19D,24D,25D,26D,27D. The summed E-state index contributed by atoms with van der Waals surface area (Å²) in [6, 6.07) is 10.9. The molecule has 10 rings (SSSR count). The molecule has 4 nitrogen and oxygen atoms in total. The number of nitrogens with zero attached hydrogens (tertiary/aromatic N) is 3. The second kappa shape index (κ2) is 11.0. The number of para-hydroxylation sites is 1. The van der Waals surface area contributed by atoms with Crippen LogP contribution in [0.1, 0.15) is 20.6 Å². The maximum atomic E-state index is 9.72. The quantitative estimate of drug-likeness (QED) is 0.180. The van der Waals surface area contributed by atoms with Gasteiger partial charge < -0.3 is 4.42 Å². The molecule has 49 heavy (non-hydrogen) atoms. The molecular weight excluding hydrogens is 599 g/mol. The summed E-state index contributed by atoms with van der Waals surface area (Å²) in [5.74, 6) is -0.0166. The van der Waals surface area contributed by atoms with Crippen molar-refractivity contribution >= 4 is 54.3 Å². The summed E-state index contributed by atoms with van der Waals surface area (Å²) in [5.41, 5.74) is 0.715. The summed E-state index contributed by atoms with van der Waals surface area (Å²) in [4.78, 5) is 14.3. The second-order valence-corrected chi connectivity index (χ2v) is 11.2. The molecule has 0 spiro atoms. The minimum Gasteiger partial charge on any atom is -0.456 e. The van der Waals surface area contributed by atoms with Crippen LogP contribution in [0.3, 0.4) is 0 Å². The highest BCUT2D eigenvalue weighted by Crippen LogP contribution is 2.39. The monoisotopic (exact) mass is 640 g/mol. The Morgan fingerprint density at radius 3 is 1.76 bits per heavy atom. The largest absolute Gasteiger partial charge is 0.456 e. The van der Waals surface area contributed by atoms with Gasteiger partial charge >= 0.3 is 0 Å². The van der Waals surface area contributed by atoms with Crippen LogP contribution in [-0.2, 0) is 0 Å². The molecule has 0 aliphatic carbocycles. The van der Waals surface area contributed by atoms with E-state index in [0.29, 0.717) is 27.7 Å². The Labute approximate surface area is 303 Å². The van der Waals surface area contributed by atoms with Crippen LogP contribution in [0.2, 0.25) is 0 Å². The number of hydrogen-bond donors (Lipinski definition) is 0. The van der Waals surface area contributed by atoms with Gasteiger partial charge in [0.05, 0.1) is 20.6 Å². The Hall–Kier alpha value is -6.65. The molecule has 2 aromatic heterocycles. The highest BCUT2D eigenvalue weighted by molar-refractivity contribution is 6.25. The molecule has 0 radical (unpaired) electrons. The molecule has 10 aromatic rings. The molecule has 0 bridgehead atoms. The van der Waals surface area contributed by atoms with E-state index in [4.69, 9.17) is 34.4 Å². The van der Waals surface area contributed by atoms with Gasteiger partial charge in [-0.05, 0) is 67.7 Å². The molecule has 0 amide bonds. The van der Waals surface area contributed by atoms with Crippen LogP contribution in [0.5, 0.6) is 0 Å². The molecule has 0 fully saturated rings. The fraction of sp³-hybridized carbons (Fsp3) is 0. The van der Waals surface area contributed by atoms with Gasteiger partial charge in [0.2, 0.25) is 0 Å². The zero-order valence-corrected chi connectivity index (χ0v) is 25.2. The van der Waals surface area contributed by atoms with Crippen LogP contribution in [0.25, 0.3) is 99.5 Å². The number of rotatable bonds is 4. The van der Waals surface area contributed by atoms with E-state index < -0.39 is 107 Å². The van der Waals surface area contributed by atoms with E-state index in [-0.39, 0.29) is 50.0 Å². The van der Waals surface area contributed by atoms with Gasteiger partial charge in [0.15, 0.2) is 17.5 Å². The lowest BCUT2D eigenvalue weighted by Crippen LogP contribution is -2.00. The van der Waals surface area contributed by atoms with E-state index in [1.54, 1.807) is 48.5 Å². The Kier molecular flexibility index (Phi) is 3.68. The summed E-state index contributed by atoms with van der Waals surface area (Å²) in [7, 11) is 0. The van der Waals surface area contributed by atoms with Crippen molar-refractivity contribution in [2.45, 2.75) is 0 Å². The molecule has 4 heteroatoms. The molecule has 2 heterocycles. The fourth-order valence-corrected chi connectivity index (χ4v) is 6.15. The van der Waals surface area contributed by atoms with Crippen LogP contribution < -0.4 is 0 Å². The third-order valence-electron chi connectivity index (χ3n) is 8.35. The fourth-order valence-electron chi connectivity index (χ4n) is 6.15. The van der Waals surface area contributed by atoms with E-state index in [0.717, 1.165) is 5.39 Å². The van der Waals surface area contributed by atoms with Crippen molar-refractivity contribution in [3.8, 4) is 45.3 Å². The average molecular weight is 641 g/mol. The molecule has 0 N–H and O–H groups in total. The number of hydrogen-bond acceptors (Lipinski definition) is 4. The Balaban J connectivity index is 1.34. The lowest BCUT2D eigenvalue weighted by atomic mass is 9.92. The van der Waals surface area contributed by atoms with E-state index >= 15 is 0 Å². The first-order valence-corrected chi connectivity index (χ1v) is 15.2. The maximum absolute atomic E-state index is 9.72. The molecule has 0 atom stereocenters. The summed E-state index contributed by atoms with van der Waals surface area (Å²) < 4.78 is 141. The zero-order valence-electron chi connectivity index (χ0n) is 40.2. The molecular formula is C45H27N3O.